The average Bonchev–Trinajstić information content (AvgIpc) is 2.59. The van der Waals surface area contributed by atoms with Crippen LogP contribution in [0.25, 0.3) is 11.2 Å². The Hall–Kier alpha value is -1.16. The monoisotopic (exact) mass is 275 g/mol. The molecule has 0 spiro atoms. The van der Waals surface area contributed by atoms with E-state index in [9.17, 15) is 0 Å². The Kier molecular flexibility index (Phi) is 2.50. The Morgan fingerprint density at radius 2 is 1.95 bits per heavy atom. The van der Waals surface area contributed by atoms with Crippen molar-refractivity contribution in [2.24, 2.45) is 16.7 Å². The van der Waals surface area contributed by atoms with E-state index in [4.69, 9.17) is 12.2 Å². The molecular weight excluding hydrogens is 254 g/mol. The van der Waals surface area contributed by atoms with Crippen molar-refractivity contribution in [3.8, 4) is 0 Å². The summed E-state index contributed by atoms with van der Waals surface area (Å²) < 4.78 is 2.95. The van der Waals surface area contributed by atoms with Crippen molar-refractivity contribution < 1.29 is 0 Å². The van der Waals surface area contributed by atoms with Crippen molar-refractivity contribution in [3.05, 3.63) is 22.6 Å². The topological polar surface area (TPSA) is 33.6 Å². The Morgan fingerprint density at radius 1 is 1.32 bits per heavy atom. The SMILES string of the molecule is Cc1ccnc2c1[nH]c(=S)n2CC1C(C)(C)C1(C)C. The number of H-pyrrole nitrogens is 1. The summed E-state index contributed by atoms with van der Waals surface area (Å²) in [6.45, 7) is 12.4. The molecule has 0 amide bonds. The highest BCUT2D eigenvalue weighted by atomic mass is 32.1. The molecule has 4 heteroatoms. The molecule has 0 unspecified atom stereocenters. The van der Waals surface area contributed by atoms with Gasteiger partial charge in [-0.2, -0.15) is 0 Å². The minimum atomic E-state index is 0.370. The van der Waals surface area contributed by atoms with Crippen LogP contribution in [0.2, 0.25) is 0 Å². The van der Waals surface area contributed by atoms with Gasteiger partial charge in [-0.25, -0.2) is 4.98 Å². The molecule has 2 aromatic heterocycles. The van der Waals surface area contributed by atoms with Crippen LogP contribution in [-0.4, -0.2) is 14.5 Å². The maximum atomic E-state index is 5.48. The second-order valence-corrected chi connectivity index (χ2v) is 7.25. The van der Waals surface area contributed by atoms with Gasteiger partial charge in [-0.1, -0.05) is 27.7 Å². The molecule has 0 atom stereocenters. The zero-order chi connectivity index (χ0) is 14.0. The molecule has 3 nitrogen and oxygen atoms in total. The van der Waals surface area contributed by atoms with Crippen molar-refractivity contribution >= 4 is 23.4 Å². The van der Waals surface area contributed by atoms with Crippen molar-refractivity contribution in [1.82, 2.24) is 14.5 Å². The van der Waals surface area contributed by atoms with Crippen LogP contribution in [0.4, 0.5) is 0 Å². The fourth-order valence-corrected chi connectivity index (χ4v) is 3.58. The number of rotatable bonds is 2. The summed E-state index contributed by atoms with van der Waals surface area (Å²) in [5.41, 5.74) is 4.00. The number of nitrogens with one attached hydrogen (secondary N) is 1. The Bertz CT molecular complexity index is 692. The summed E-state index contributed by atoms with van der Waals surface area (Å²) in [7, 11) is 0. The maximum Gasteiger partial charge on any atom is 0.179 e. The Morgan fingerprint density at radius 3 is 2.53 bits per heavy atom. The van der Waals surface area contributed by atoms with Crippen LogP contribution in [0.5, 0.6) is 0 Å². The normalized spacial score (nSPS) is 20.9. The minimum Gasteiger partial charge on any atom is -0.329 e. The van der Waals surface area contributed by atoms with Gasteiger partial charge in [0.2, 0.25) is 0 Å². The summed E-state index contributed by atoms with van der Waals surface area (Å²) in [5.74, 6) is 0.646. The van der Waals surface area contributed by atoms with Gasteiger partial charge in [0.05, 0.1) is 5.52 Å². The number of aryl methyl sites for hydroxylation is 1. The van der Waals surface area contributed by atoms with Crippen LogP contribution >= 0.6 is 12.2 Å². The minimum absolute atomic E-state index is 0.370. The van der Waals surface area contributed by atoms with Crippen molar-refractivity contribution in [1.29, 1.82) is 0 Å². The van der Waals surface area contributed by atoms with E-state index in [1.165, 1.54) is 5.56 Å². The lowest BCUT2D eigenvalue weighted by atomic mass is 10.0. The van der Waals surface area contributed by atoms with Gasteiger partial charge in [0, 0.05) is 12.7 Å². The van der Waals surface area contributed by atoms with Crippen molar-refractivity contribution in [3.63, 3.8) is 0 Å². The summed E-state index contributed by atoms with van der Waals surface area (Å²) in [4.78, 5) is 7.80. The van der Waals surface area contributed by atoms with Crippen LogP contribution in [0.15, 0.2) is 12.3 Å². The first-order chi connectivity index (χ1) is 8.76. The maximum absolute atomic E-state index is 5.48. The van der Waals surface area contributed by atoms with E-state index in [1.807, 2.05) is 12.3 Å². The number of aromatic nitrogens is 3. The fraction of sp³-hybridized carbons (Fsp3) is 0.600. The molecule has 1 aliphatic carbocycles. The average molecular weight is 275 g/mol. The molecule has 0 aromatic carbocycles. The molecule has 3 rings (SSSR count). The third-order valence-electron chi connectivity index (χ3n) is 5.56. The van der Waals surface area contributed by atoms with Crippen LogP contribution in [0, 0.1) is 28.4 Å². The standard InChI is InChI=1S/C15H21N3S/c1-9-6-7-16-12-11(9)17-13(19)18(12)8-10-14(2,3)15(10,4)5/h6-7,10H,8H2,1-5H3,(H,17,19). The number of nitrogens with zero attached hydrogens (tertiary/aromatic N) is 2. The smallest absolute Gasteiger partial charge is 0.179 e. The van der Waals surface area contributed by atoms with Gasteiger partial charge in [-0.3, -0.25) is 0 Å². The van der Waals surface area contributed by atoms with Gasteiger partial charge in [0.15, 0.2) is 10.4 Å². The Labute approximate surface area is 119 Å². The highest BCUT2D eigenvalue weighted by Crippen LogP contribution is 2.68. The second kappa shape index (κ2) is 3.69. The molecule has 102 valence electrons. The van der Waals surface area contributed by atoms with Crippen molar-refractivity contribution in [2.75, 3.05) is 0 Å². The van der Waals surface area contributed by atoms with E-state index in [0.717, 1.165) is 22.5 Å². The first-order valence-corrected chi connectivity index (χ1v) is 7.22. The molecule has 0 radical (unpaired) electrons. The number of pyridine rings is 1. The van der Waals surface area contributed by atoms with E-state index in [2.05, 4.69) is 49.2 Å². The van der Waals surface area contributed by atoms with Crippen LogP contribution < -0.4 is 0 Å². The predicted molar refractivity (Wildman–Crippen MR) is 80.7 cm³/mol. The van der Waals surface area contributed by atoms with Crippen molar-refractivity contribution in [2.45, 2.75) is 41.2 Å². The highest BCUT2D eigenvalue weighted by molar-refractivity contribution is 7.71. The third kappa shape index (κ3) is 1.62. The predicted octanol–water partition coefficient (Wildman–Crippen LogP) is 4.08. The molecule has 0 bridgehead atoms. The van der Waals surface area contributed by atoms with Crippen LogP contribution in [-0.2, 0) is 6.54 Å². The van der Waals surface area contributed by atoms with Gasteiger partial charge < -0.3 is 9.55 Å². The largest absolute Gasteiger partial charge is 0.329 e. The van der Waals surface area contributed by atoms with Gasteiger partial charge in [-0.05, 0) is 47.5 Å². The van der Waals surface area contributed by atoms with Gasteiger partial charge in [0.1, 0.15) is 0 Å². The molecule has 0 aliphatic heterocycles. The highest BCUT2D eigenvalue weighted by Gasteiger charge is 2.64. The molecule has 1 fully saturated rings. The van der Waals surface area contributed by atoms with E-state index in [0.29, 0.717) is 16.7 Å². The number of hydrogen-bond donors (Lipinski definition) is 1. The van der Waals surface area contributed by atoms with Gasteiger partial charge in [-0.15, -0.1) is 0 Å². The summed E-state index contributed by atoms with van der Waals surface area (Å²) >= 11 is 5.48. The van der Waals surface area contributed by atoms with Gasteiger partial charge in [0.25, 0.3) is 0 Å². The zero-order valence-corrected chi connectivity index (χ0v) is 13.1. The fourth-order valence-electron chi connectivity index (χ4n) is 3.32. The van der Waals surface area contributed by atoms with E-state index in [1.54, 1.807) is 0 Å². The number of hydrogen-bond acceptors (Lipinski definition) is 2. The number of aromatic amines is 1. The molecule has 1 aliphatic rings. The Balaban J connectivity index is 2.06. The first-order valence-electron chi connectivity index (χ1n) is 6.81. The summed E-state index contributed by atoms with van der Waals surface area (Å²) in [6.07, 6.45) is 1.86. The number of fused-ring (bicyclic) bond motifs is 1. The molecule has 1 N–H and O–H groups in total. The molecule has 2 heterocycles. The first kappa shape index (κ1) is 12.9. The van der Waals surface area contributed by atoms with E-state index >= 15 is 0 Å². The van der Waals surface area contributed by atoms with Gasteiger partial charge >= 0.3 is 0 Å². The van der Waals surface area contributed by atoms with Crippen LogP contribution in [0.3, 0.4) is 0 Å². The number of imidazole rings is 1. The molecule has 19 heavy (non-hydrogen) atoms. The zero-order valence-electron chi connectivity index (χ0n) is 12.2. The third-order valence-corrected chi connectivity index (χ3v) is 5.88. The molecule has 2 aromatic rings. The molecular formula is C15H21N3S. The second-order valence-electron chi connectivity index (χ2n) is 6.86. The lowest BCUT2D eigenvalue weighted by Gasteiger charge is -2.05. The van der Waals surface area contributed by atoms with E-state index < -0.39 is 0 Å². The summed E-state index contributed by atoms with van der Waals surface area (Å²) in [5, 5.41) is 0. The van der Waals surface area contributed by atoms with E-state index in [-0.39, 0.29) is 0 Å². The molecule has 1 saturated carbocycles. The van der Waals surface area contributed by atoms with Crippen LogP contribution in [0.1, 0.15) is 33.3 Å². The lowest BCUT2D eigenvalue weighted by Crippen LogP contribution is -2.05. The summed E-state index contributed by atoms with van der Waals surface area (Å²) in [6, 6.07) is 2.02. The quantitative estimate of drug-likeness (QED) is 0.838. The lowest BCUT2D eigenvalue weighted by molar-refractivity contribution is 0.457. The molecule has 0 saturated heterocycles.